The van der Waals surface area contributed by atoms with E-state index >= 15 is 0 Å². The molecule has 0 radical (unpaired) electrons. The third kappa shape index (κ3) is 4.69. The summed E-state index contributed by atoms with van der Waals surface area (Å²) in [6, 6.07) is 27.2. The third-order valence-corrected chi connectivity index (χ3v) is 7.74. The highest BCUT2D eigenvalue weighted by molar-refractivity contribution is 6.32. The van der Waals surface area contributed by atoms with E-state index in [1.807, 2.05) is 79.7 Å². The number of amides is 1. The lowest BCUT2D eigenvalue weighted by molar-refractivity contribution is 0.0714. The van der Waals surface area contributed by atoms with E-state index in [1.54, 1.807) is 23.1 Å². The van der Waals surface area contributed by atoms with E-state index in [1.165, 1.54) is 0 Å². The van der Waals surface area contributed by atoms with Crippen LogP contribution in [0.25, 0.3) is 11.0 Å². The Bertz CT molecular complexity index is 1780. The number of hydrogen-bond donors (Lipinski definition) is 0. The zero-order chi connectivity index (χ0) is 27.1. The van der Waals surface area contributed by atoms with Gasteiger partial charge in [0, 0.05) is 16.6 Å². The molecule has 2 heterocycles. The molecule has 0 bridgehead atoms. The van der Waals surface area contributed by atoms with Gasteiger partial charge in [0.05, 0.1) is 17.0 Å². The van der Waals surface area contributed by atoms with E-state index in [0.717, 1.165) is 22.3 Å². The summed E-state index contributed by atoms with van der Waals surface area (Å²) in [6.45, 7) is 2.40. The van der Waals surface area contributed by atoms with E-state index in [-0.39, 0.29) is 29.2 Å². The Kier molecular flexibility index (Phi) is 6.63. The second-order valence-corrected chi connectivity index (χ2v) is 10.4. The first-order chi connectivity index (χ1) is 18.9. The minimum Gasteiger partial charge on any atom is -0.489 e. The number of hydrogen-bond acceptors (Lipinski definition) is 4. The Morgan fingerprint density at radius 3 is 2.44 bits per heavy atom. The van der Waals surface area contributed by atoms with Crippen LogP contribution in [0.4, 0.5) is 0 Å². The molecule has 1 aliphatic rings. The fraction of sp³-hybridized carbons (Fsp3) is 0.125. The van der Waals surface area contributed by atoms with Gasteiger partial charge in [-0.2, -0.15) is 0 Å². The standard InChI is InChI=1S/C32H23Cl2NO4/c1-19-14-27-24(16-26(19)34)30(36)28-29(21-11-7-12-23(15-21)38-18-20-8-3-2-4-9-20)35(32(37)31(28)39-27)17-22-10-5-6-13-25(22)33/h2-16,29H,17-18H2,1H3. The van der Waals surface area contributed by atoms with Crippen LogP contribution in [-0.2, 0) is 13.2 Å². The quantitative estimate of drug-likeness (QED) is 0.215. The smallest absolute Gasteiger partial charge is 0.291 e. The van der Waals surface area contributed by atoms with Gasteiger partial charge in [0.15, 0.2) is 5.43 Å². The van der Waals surface area contributed by atoms with Crippen molar-refractivity contribution < 1.29 is 13.9 Å². The number of carbonyl (C=O) groups is 1. The molecular weight excluding hydrogens is 533 g/mol. The van der Waals surface area contributed by atoms with Gasteiger partial charge in [-0.3, -0.25) is 9.59 Å². The second kappa shape index (κ2) is 10.3. The van der Waals surface area contributed by atoms with Crippen molar-refractivity contribution in [2.75, 3.05) is 0 Å². The van der Waals surface area contributed by atoms with Crippen molar-refractivity contribution in [3.63, 3.8) is 0 Å². The van der Waals surface area contributed by atoms with Gasteiger partial charge in [-0.05, 0) is 59.5 Å². The first-order valence-corrected chi connectivity index (χ1v) is 13.2. The van der Waals surface area contributed by atoms with Crippen molar-refractivity contribution >= 4 is 40.1 Å². The van der Waals surface area contributed by atoms with E-state index < -0.39 is 6.04 Å². The molecule has 1 aromatic heterocycles. The molecule has 5 aromatic rings. The lowest BCUT2D eigenvalue weighted by Gasteiger charge is -2.26. The van der Waals surface area contributed by atoms with Gasteiger partial charge in [0.2, 0.25) is 5.76 Å². The van der Waals surface area contributed by atoms with Gasteiger partial charge in [-0.15, -0.1) is 0 Å². The average molecular weight is 556 g/mol. The van der Waals surface area contributed by atoms with Gasteiger partial charge in [0.1, 0.15) is 17.9 Å². The predicted molar refractivity (Wildman–Crippen MR) is 153 cm³/mol. The van der Waals surface area contributed by atoms with Crippen molar-refractivity contribution in [3.05, 3.63) is 145 Å². The van der Waals surface area contributed by atoms with Crippen LogP contribution in [0.15, 0.2) is 100 Å². The van der Waals surface area contributed by atoms with Crippen molar-refractivity contribution in [3.8, 4) is 5.75 Å². The Labute approximate surface area is 235 Å². The summed E-state index contributed by atoms with van der Waals surface area (Å²) < 4.78 is 12.2. The SMILES string of the molecule is Cc1cc2oc3c(c(=O)c2cc1Cl)C(c1cccc(OCc2ccccc2)c1)N(Cc1ccccc1Cl)C3=O. The first kappa shape index (κ1) is 25.2. The number of rotatable bonds is 6. The van der Waals surface area contributed by atoms with Crippen molar-refractivity contribution in [2.24, 2.45) is 0 Å². The van der Waals surface area contributed by atoms with E-state index in [2.05, 4.69) is 0 Å². The number of fused-ring (bicyclic) bond motifs is 2. The lowest BCUT2D eigenvalue weighted by atomic mass is 9.97. The van der Waals surface area contributed by atoms with Crippen LogP contribution in [0, 0.1) is 6.92 Å². The van der Waals surface area contributed by atoms with Crippen molar-refractivity contribution in [1.29, 1.82) is 0 Å². The molecule has 0 spiro atoms. The molecule has 0 aliphatic carbocycles. The summed E-state index contributed by atoms with van der Waals surface area (Å²) in [5.74, 6) is 0.276. The average Bonchev–Trinajstić information content (AvgIpc) is 3.22. The fourth-order valence-electron chi connectivity index (χ4n) is 4.98. The first-order valence-electron chi connectivity index (χ1n) is 12.5. The molecule has 7 heteroatoms. The highest BCUT2D eigenvalue weighted by Crippen LogP contribution is 2.41. The number of aryl methyl sites for hydroxylation is 1. The lowest BCUT2D eigenvalue weighted by Crippen LogP contribution is -2.29. The number of ether oxygens (including phenoxy) is 1. The van der Waals surface area contributed by atoms with E-state index in [9.17, 15) is 9.59 Å². The topological polar surface area (TPSA) is 59.8 Å². The molecule has 0 fully saturated rings. The van der Waals surface area contributed by atoms with Gasteiger partial charge < -0.3 is 14.1 Å². The number of carbonyl (C=O) groups excluding carboxylic acids is 1. The molecular formula is C32H23Cl2NO4. The molecule has 6 rings (SSSR count). The van der Waals surface area contributed by atoms with Crippen LogP contribution in [0.1, 0.15) is 44.4 Å². The van der Waals surface area contributed by atoms with E-state index in [4.69, 9.17) is 32.4 Å². The number of halogens is 2. The molecule has 0 saturated heterocycles. The summed E-state index contributed by atoms with van der Waals surface area (Å²) in [5, 5.41) is 1.32. The highest BCUT2D eigenvalue weighted by atomic mass is 35.5. The van der Waals surface area contributed by atoms with Crippen LogP contribution in [0.5, 0.6) is 5.75 Å². The molecule has 0 saturated carbocycles. The molecule has 1 atom stereocenters. The zero-order valence-electron chi connectivity index (χ0n) is 21.0. The van der Waals surface area contributed by atoms with Gasteiger partial charge in [0.25, 0.3) is 5.91 Å². The summed E-state index contributed by atoms with van der Waals surface area (Å²) in [5.41, 5.74) is 3.59. The fourth-order valence-corrected chi connectivity index (χ4v) is 5.34. The zero-order valence-corrected chi connectivity index (χ0v) is 22.5. The summed E-state index contributed by atoms with van der Waals surface area (Å²) in [6.07, 6.45) is 0. The molecule has 1 unspecified atom stereocenters. The summed E-state index contributed by atoms with van der Waals surface area (Å²) in [7, 11) is 0. The number of nitrogens with zero attached hydrogens (tertiary/aromatic N) is 1. The normalized spacial score (nSPS) is 14.6. The maximum atomic E-state index is 13.9. The Morgan fingerprint density at radius 2 is 1.64 bits per heavy atom. The maximum Gasteiger partial charge on any atom is 0.291 e. The second-order valence-electron chi connectivity index (χ2n) is 9.55. The molecule has 5 nitrogen and oxygen atoms in total. The van der Waals surface area contributed by atoms with E-state index in [0.29, 0.717) is 33.4 Å². The number of benzene rings is 4. The summed E-state index contributed by atoms with van der Waals surface area (Å²) in [4.78, 5) is 29.4. The van der Waals surface area contributed by atoms with Crippen LogP contribution < -0.4 is 10.2 Å². The van der Waals surface area contributed by atoms with Gasteiger partial charge in [-0.1, -0.05) is 83.9 Å². The molecule has 1 amide bonds. The van der Waals surface area contributed by atoms with Crippen molar-refractivity contribution in [1.82, 2.24) is 4.90 Å². The predicted octanol–water partition coefficient (Wildman–Crippen LogP) is 7.73. The van der Waals surface area contributed by atoms with Crippen molar-refractivity contribution in [2.45, 2.75) is 26.1 Å². The maximum absolute atomic E-state index is 13.9. The Morgan fingerprint density at radius 1 is 0.872 bits per heavy atom. The minimum absolute atomic E-state index is 0.0295. The monoisotopic (exact) mass is 555 g/mol. The van der Waals surface area contributed by atoms with Gasteiger partial charge >= 0.3 is 0 Å². The molecule has 1 aliphatic heterocycles. The molecule has 194 valence electrons. The summed E-state index contributed by atoms with van der Waals surface area (Å²) >= 11 is 12.8. The van der Waals surface area contributed by atoms with Crippen LogP contribution >= 0.6 is 23.2 Å². The minimum atomic E-state index is -0.704. The Hall–Kier alpha value is -4.06. The molecule has 39 heavy (non-hydrogen) atoms. The molecule has 4 aromatic carbocycles. The highest BCUT2D eigenvalue weighted by Gasteiger charge is 2.43. The van der Waals surface area contributed by atoms with Crippen LogP contribution in [0.2, 0.25) is 10.0 Å². The van der Waals surface area contributed by atoms with Gasteiger partial charge in [-0.25, -0.2) is 0 Å². The largest absolute Gasteiger partial charge is 0.489 e. The van der Waals surface area contributed by atoms with Crippen LogP contribution in [0.3, 0.4) is 0 Å². The molecule has 0 N–H and O–H groups in total. The van der Waals surface area contributed by atoms with Crippen LogP contribution in [-0.4, -0.2) is 10.8 Å². The Balaban J connectivity index is 1.47. The third-order valence-electron chi connectivity index (χ3n) is 6.97.